The van der Waals surface area contributed by atoms with Gasteiger partial charge in [0.05, 0.1) is 6.61 Å². The van der Waals surface area contributed by atoms with Crippen LogP contribution >= 0.6 is 0 Å². The largest absolute Gasteiger partial charge is 0.456 e. The van der Waals surface area contributed by atoms with E-state index in [0.29, 0.717) is 0 Å². The van der Waals surface area contributed by atoms with Gasteiger partial charge >= 0.3 is 95.3 Å². The highest BCUT2D eigenvalue weighted by molar-refractivity contribution is 5.81. The van der Waals surface area contributed by atoms with E-state index in [0.717, 1.165) is 0 Å². The molecule has 0 aliphatic heterocycles. The van der Waals surface area contributed by atoms with Crippen LogP contribution in [0.15, 0.2) is 38.0 Å². The fourth-order valence-corrected chi connectivity index (χ4v) is 4.15. The summed E-state index contributed by atoms with van der Waals surface area (Å²) in [6.07, 6.45) is -40.4. The number of esters is 3. The molecule has 348 valence electrons. The van der Waals surface area contributed by atoms with Crippen molar-refractivity contribution in [1.29, 1.82) is 0 Å². The van der Waals surface area contributed by atoms with Gasteiger partial charge in [-0.2, -0.15) is 79.0 Å². The molecule has 9 nitrogen and oxygen atoms in total. The molecule has 33 heteroatoms. The van der Waals surface area contributed by atoms with Gasteiger partial charge in [-0.05, 0) is 0 Å². The summed E-state index contributed by atoms with van der Waals surface area (Å²) in [5.41, 5.74) is -18.3. The van der Waals surface area contributed by atoms with E-state index >= 15 is 52.7 Å². The quantitative estimate of drug-likeness (QED) is 0.0490. The van der Waals surface area contributed by atoms with E-state index in [2.05, 4.69) is 38.7 Å². The summed E-state index contributed by atoms with van der Waals surface area (Å²) in [6.45, 7) is -6.90. The number of hydrogen-bond acceptors (Lipinski definition) is 9. The van der Waals surface area contributed by atoms with Gasteiger partial charge in [0.25, 0.3) is 0 Å². The first-order valence-corrected chi connectivity index (χ1v) is 14.3. The first kappa shape index (κ1) is 53.8. The monoisotopic (exact) mass is 942 g/mol. The zero-order valence-corrected chi connectivity index (χ0v) is 28.0. The van der Waals surface area contributed by atoms with Crippen LogP contribution in [0.1, 0.15) is 0 Å². The molecular formula is C27H18F24O9. The van der Waals surface area contributed by atoms with Crippen molar-refractivity contribution < 1.29 is 148 Å². The smallest absolute Gasteiger partial charge is 0.427 e. The van der Waals surface area contributed by atoms with Crippen LogP contribution in [0.3, 0.4) is 0 Å². The Hall–Kier alpha value is -4.17. The van der Waals surface area contributed by atoms with E-state index < -0.39 is 128 Å². The Morgan fingerprint density at radius 3 is 0.967 bits per heavy atom. The van der Waals surface area contributed by atoms with Gasteiger partial charge in [0.1, 0.15) is 5.92 Å². The topological polar surface area (TPSA) is 107 Å². The first-order valence-electron chi connectivity index (χ1n) is 14.3. The maximum atomic E-state index is 16.0. The molecule has 0 heterocycles. The third-order valence-electron chi connectivity index (χ3n) is 7.37. The summed E-state index contributed by atoms with van der Waals surface area (Å²) >= 11 is 0. The van der Waals surface area contributed by atoms with Gasteiger partial charge in [-0.3, -0.25) is 0 Å². The maximum absolute atomic E-state index is 16.0. The third-order valence-corrected chi connectivity index (χ3v) is 7.37. The SMILES string of the molecule is C=CC(=O)OCC(F)(F)C(F)(F)OCC1C(F)(F)C(F)(C(F)(F)OC(F)(F)C(F)(F)COC(=O)C=C)C(F)(F)C(F)(C(F)(F)OC(F)(F)C(F)(F)COC(=O)C=C)C1(F)F. The van der Waals surface area contributed by atoms with Crippen LogP contribution in [0.5, 0.6) is 0 Å². The second-order valence-electron chi connectivity index (χ2n) is 11.3. The molecule has 0 N–H and O–H groups in total. The molecule has 0 aromatic rings. The molecule has 2 unspecified atom stereocenters. The van der Waals surface area contributed by atoms with Gasteiger partial charge < -0.3 is 18.9 Å². The van der Waals surface area contributed by atoms with Crippen molar-refractivity contribution in [3.05, 3.63) is 38.0 Å². The molecule has 1 saturated carbocycles. The number of carbonyl (C=O) groups excluding carboxylic acids is 3. The first-order chi connectivity index (χ1) is 26.4. The van der Waals surface area contributed by atoms with Gasteiger partial charge in [-0.1, -0.05) is 19.7 Å². The highest BCUT2D eigenvalue weighted by Gasteiger charge is 3.04. The van der Waals surface area contributed by atoms with E-state index in [1.165, 1.54) is 0 Å². The zero-order chi connectivity index (χ0) is 48.0. The van der Waals surface area contributed by atoms with Crippen LogP contribution in [0.2, 0.25) is 0 Å². The third kappa shape index (κ3) is 8.78. The number of alkyl halides is 24. The fourth-order valence-electron chi connectivity index (χ4n) is 4.15. The van der Waals surface area contributed by atoms with Crippen molar-refractivity contribution >= 4 is 17.9 Å². The van der Waals surface area contributed by atoms with E-state index in [-0.39, 0.29) is 18.2 Å². The Morgan fingerprint density at radius 2 is 0.717 bits per heavy atom. The second-order valence-corrected chi connectivity index (χ2v) is 11.3. The molecule has 0 spiro atoms. The molecule has 1 rings (SSSR count). The highest BCUT2D eigenvalue weighted by Crippen LogP contribution is 2.73. The summed E-state index contributed by atoms with van der Waals surface area (Å²) in [4.78, 5) is 32.7. The summed E-state index contributed by atoms with van der Waals surface area (Å²) in [6, 6.07) is 0. The van der Waals surface area contributed by atoms with E-state index in [4.69, 9.17) is 0 Å². The van der Waals surface area contributed by atoms with Gasteiger partial charge in [-0.25, -0.2) is 50.2 Å². The molecular weight excluding hydrogens is 924 g/mol. The minimum atomic E-state index is -9.37. The molecule has 1 aliphatic carbocycles. The molecule has 0 aromatic carbocycles. The van der Waals surface area contributed by atoms with Crippen molar-refractivity contribution in [2.24, 2.45) is 5.92 Å². The van der Waals surface area contributed by atoms with Gasteiger partial charge in [0, 0.05) is 18.2 Å². The van der Waals surface area contributed by atoms with Crippen molar-refractivity contribution in [3.63, 3.8) is 0 Å². The van der Waals surface area contributed by atoms with E-state index in [9.17, 15) is 67.1 Å². The van der Waals surface area contributed by atoms with Gasteiger partial charge in [0.2, 0.25) is 0 Å². The number of carbonyl (C=O) groups is 3. The van der Waals surface area contributed by atoms with Crippen LogP contribution < -0.4 is 0 Å². The summed E-state index contributed by atoms with van der Waals surface area (Å²) in [7, 11) is 0. The van der Waals surface area contributed by atoms with Crippen molar-refractivity contribution in [2.45, 2.75) is 77.4 Å². The van der Waals surface area contributed by atoms with E-state index in [1.807, 2.05) is 0 Å². The van der Waals surface area contributed by atoms with Crippen LogP contribution in [-0.4, -0.2) is 122 Å². The zero-order valence-electron chi connectivity index (χ0n) is 28.0. The van der Waals surface area contributed by atoms with Gasteiger partial charge in [-0.15, -0.1) is 0 Å². The molecule has 0 bridgehead atoms. The second kappa shape index (κ2) is 16.3. The summed E-state index contributed by atoms with van der Waals surface area (Å²) < 4.78 is 370. The van der Waals surface area contributed by atoms with Crippen LogP contribution in [0.25, 0.3) is 0 Å². The van der Waals surface area contributed by atoms with Crippen LogP contribution in [0, 0.1) is 5.92 Å². The van der Waals surface area contributed by atoms with Gasteiger partial charge in [0.15, 0.2) is 19.8 Å². The lowest BCUT2D eigenvalue weighted by atomic mass is 9.62. The molecule has 0 saturated heterocycles. The Balaban J connectivity index is 4.30. The van der Waals surface area contributed by atoms with Crippen molar-refractivity contribution in [1.82, 2.24) is 0 Å². The average Bonchev–Trinajstić information content (AvgIpc) is 3.08. The summed E-state index contributed by atoms with van der Waals surface area (Å²) in [5, 5.41) is 0. The normalized spacial score (nSPS) is 23.9. The Kier molecular flexibility index (Phi) is 14.6. The van der Waals surface area contributed by atoms with Crippen LogP contribution in [-0.2, 0) is 42.8 Å². The fraction of sp³-hybridized carbons (Fsp3) is 0.667. The lowest BCUT2D eigenvalue weighted by Gasteiger charge is -2.58. The highest BCUT2D eigenvalue weighted by atomic mass is 19.4. The average molecular weight is 942 g/mol. The molecule has 1 fully saturated rings. The molecule has 1 aliphatic rings. The lowest BCUT2D eigenvalue weighted by molar-refractivity contribution is -0.551. The Labute approximate surface area is 314 Å². The maximum Gasteiger partial charge on any atom is 0.427 e. The molecule has 2 atom stereocenters. The molecule has 0 radical (unpaired) electrons. The molecule has 0 amide bonds. The minimum Gasteiger partial charge on any atom is -0.456 e. The summed E-state index contributed by atoms with van der Waals surface area (Å²) in [5.74, 6) is -59.5. The lowest BCUT2D eigenvalue weighted by Crippen LogP contribution is -2.89. The molecule has 0 aromatic heterocycles. The predicted molar refractivity (Wildman–Crippen MR) is 137 cm³/mol. The predicted octanol–water partition coefficient (Wildman–Crippen LogP) is 8.05. The molecule has 60 heavy (non-hydrogen) atoms. The standard InChI is InChI=1S/C27H18F24O9/c1-4-12(52)55-8-15(28,29)23(42,43)58-7-11-18(34,35)20(38,26(48,49)59-24(44,45)16(30,31)9-56-13(53)5-2)22(40,41)21(39,19(11,36)37)27(50,51)60-25(46,47)17(32,33)10-57-14(54)6-3/h4-6,11H,1-3,7-10H2. The number of rotatable bonds is 21. The number of halogens is 24. The Bertz CT molecular complexity index is 1560. The number of hydrogen-bond donors (Lipinski definition) is 0. The van der Waals surface area contributed by atoms with Crippen molar-refractivity contribution in [3.8, 4) is 0 Å². The minimum absolute atomic E-state index is 0.0922. The number of ether oxygens (including phenoxy) is 6. The van der Waals surface area contributed by atoms with E-state index in [1.54, 1.807) is 9.47 Å². The van der Waals surface area contributed by atoms with Crippen molar-refractivity contribution in [2.75, 3.05) is 26.4 Å². The Morgan fingerprint density at radius 1 is 0.467 bits per heavy atom. The van der Waals surface area contributed by atoms with Crippen LogP contribution in [0.4, 0.5) is 105 Å².